The molecule has 1 saturated carbocycles. The zero-order chi connectivity index (χ0) is 12.1. The Hall–Kier alpha value is -0.420. The van der Waals surface area contributed by atoms with Crippen LogP contribution in [0, 0.1) is 0 Å². The van der Waals surface area contributed by atoms with Crippen molar-refractivity contribution in [2.45, 2.75) is 24.8 Å². The second-order valence-corrected chi connectivity index (χ2v) is 5.29. The minimum Gasteiger partial charge on any atom is -0.382 e. The lowest BCUT2D eigenvalue weighted by atomic mass is 9.76. The van der Waals surface area contributed by atoms with E-state index < -0.39 is 0 Å². The zero-order valence-corrected chi connectivity index (χ0v) is 11.6. The van der Waals surface area contributed by atoms with Crippen LogP contribution in [0.2, 0.25) is 0 Å². The standard InChI is InChI=1S/C13H18BrNO2/c1-16-6-7-17-15-13-8-11(9-13)10-2-4-12(14)5-3-10/h2-5,11,13,15H,6-9H2,1H3. The van der Waals surface area contributed by atoms with Crippen LogP contribution in [0.15, 0.2) is 28.7 Å². The summed E-state index contributed by atoms with van der Waals surface area (Å²) in [5.74, 6) is 0.673. The topological polar surface area (TPSA) is 30.5 Å². The van der Waals surface area contributed by atoms with Gasteiger partial charge in [-0.25, -0.2) is 0 Å². The molecule has 0 saturated heterocycles. The molecule has 0 radical (unpaired) electrons. The number of ether oxygens (including phenoxy) is 1. The highest BCUT2D eigenvalue weighted by Gasteiger charge is 2.30. The van der Waals surface area contributed by atoms with E-state index in [0.717, 1.165) is 17.3 Å². The molecule has 1 aromatic carbocycles. The molecule has 1 N–H and O–H groups in total. The third-order valence-corrected chi connectivity index (χ3v) is 3.65. The van der Waals surface area contributed by atoms with Crippen molar-refractivity contribution < 1.29 is 9.57 Å². The van der Waals surface area contributed by atoms with Crippen LogP contribution in [-0.4, -0.2) is 26.4 Å². The van der Waals surface area contributed by atoms with E-state index in [-0.39, 0.29) is 0 Å². The second-order valence-electron chi connectivity index (χ2n) is 4.38. The molecular weight excluding hydrogens is 282 g/mol. The Morgan fingerprint density at radius 2 is 1.94 bits per heavy atom. The van der Waals surface area contributed by atoms with Crippen molar-refractivity contribution in [1.82, 2.24) is 5.48 Å². The number of halogens is 1. The van der Waals surface area contributed by atoms with Crippen LogP contribution in [0.3, 0.4) is 0 Å². The van der Waals surface area contributed by atoms with Crippen molar-refractivity contribution >= 4 is 15.9 Å². The summed E-state index contributed by atoms with van der Waals surface area (Å²) < 4.78 is 6.04. The summed E-state index contributed by atoms with van der Waals surface area (Å²) >= 11 is 3.45. The van der Waals surface area contributed by atoms with Gasteiger partial charge in [-0.05, 0) is 36.5 Å². The van der Waals surface area contributed by atoms with Gasteiger partial charge in [0.2, 0.25) is 0 Å². The number of hydrogen-bond acceptors (Lipinski definition) is 3. The molecule has 0 spiro atoms. The van der Waals surface area contributed by atoms with Gasteiger partial charge in [-0.15, -0.1) is 0 Å². The number of hydroxylamine groups is 1. The molecule has 0 unspecified atom stereocenters. The molecule has 0 aromatic heterocycles. The van der Waals surface area contributed by atoms with Gasteiger partial charge in [-0.3, -0.25) is 4.84 Å². The Morgan fingerprint density at radius 3 is 2.59 bits per heavy atom. The molecular formula is C13H18BrNO2. The van der Waals surface area contributed by atoms with Gasteiger partial charge < -0.3 is 4.74 Å². The maximum atomic E-state index is 5.30. The van der Waals surface area contributed by atoms with Crippen molar-refractivity contribution in [2.75, 3.05) is 20.3 Å². The van der Waals surface area contributed by atoms with E-state index in [1.54, 1.807) is 7.11 Å². The van der Waals surface area contributed by atoms with Gasteiger partial charge in [0.1, 0.15) is 0 Å². The minimum absolute atomic E-state index is 0.487. The van der Waals surface area contributed by atoms with Gasteiger partial charge in [0.05, 0.1) is 13.2 Å². The summed E-state index contributed by atoms with van der Waals surface area (Å²) in [5.41, 5.74) is 4.50. The lowest BCUT2D eigenvalue weighted by Gasteiger charge is -2.35. The van der Waals surface area contributed by atoms with E-state index >= 15 is 0 Å². The maximum Gasteiger partial charge on any atom is 0.0915 e. The fourth-order valence-corrected chi connectivity index (χ4v) is 2.29. The zero-order valence-electron chi connectivity index (χ0n) is 9.99. The normalized spacial score (nSPS) is 23.4. The Kier molecular flexibility index (Phi) is 4.98. The van der Waals surface area contributed by atoms with Gasteiger partial charge in [-0.1, -0.05) is 28.1 Å². The molecule has 1 fully saturated rings. The quantitative estimate of drug-likeness (QED) is 0.647. The van der Waals surface area contributed by atoms with Crippen LogP contribution in [-0.2, 0) is 9.57 Å². The van der Waals surface area contributed by atoms with E-state index in [1.165, 1.54) is 5.56 Å². The van der Waals surface area contributed by atoms with Gasteiger partial charge >= 0.3 is 0 Å². The molecule has 0 amide bonds. The first-order valence-corrected chi connectivity index (χ1v) is 6.70. The molecule has 0 bridgehead atoms. The van der Waals surface area contributed by atoms with Gasteiger partial charge in [0, 0.05) is 17.6 Å². The highest BCUT2D eigenvalue weighted by molar-refractivity contribution is 9.10. The fraction of sp³-hybridized carbons (Fsp3) is 0.538. The first kappa shape index (κ1) is 13.0. The predicted octanol–water partition coefficient (Wildman–Crippen LogP) is 2.86. The third kappa shape index (κ3) is 3.78. The lowest BCUT2D eigenvalue weighted by molar-refractivity contribution is -0.0303. The highest BCUT2D eigenvalue weighted by Crippen LogP contribution is 2.37. The van der Waals surface area contributed by atoms with Crippen molar-refractivity contribution in [1.29, 1.82) is 0 Å². The maximum absolute atomic E-state index is 5.30. The summed E-state index contributed by atoms with van der Waals surface area (Å²) in [6.07, 6.45) is 2.29. The molecule has 1 aliphatic carbocycles. The molecule has 2 rings (SSSR count). The van der Waals surface area contributed by atoms with Crippen LogP contribution in [0.25, 0.3) is 0 Å². The van der Waals surface area contributed by atoms with Crippen LogP contribution >= 0.6 is 15.9 Å². The molecule has 0 heterocycles. The van der Waals surface area contributed by atoms with E-state index in [4.69, 9.17) is 9.57 Å². The number of hydrogen-bond donors (Lipinski definition) is 1. The summed E-state index contributed by atoms with van der Waals surface area (Å²) in [4.78, 5) is 5.30. The van der Waals surface area contributed by atoms with E-state index in [0.29, 0.717) is 25.2 Å². The summed E-state index contributed by atoms with van der Waals surface area (Å²) in [6.45, 7) is 1.24. The molecule has 0 atom stereocenters. The second kappa shape index (κ2) is 6.50. The number of rotatable bonds is 6. The summed E-state index contributed by atoms with van der Waals surface area (Å²) in [5, 5.41) is 0. The molecule has 1 aliphatic rings. The number of nitrogens with one attached hydrogen (secondary N) is 1. The van der Waals surface area contributed by atoms with Gasteiger partial charge in [0.25, 0.3) is 0 Å². The molecule has 17 heavy (non-hydrogen) atoms. The van der Waals surface area contributed by atoms with Crippen molar-refractivity contribution in [3.63, 3.8) is 0 Å². The summed E-state index contributed by atoms with van der Waals surface area (Å²) in [6, 6.07) is 9.07. The molecule has 4 heteroatoms. The first-order valence-electron chi connectivity index (χ1n) is 5.91. The SMILES string of the molecule is COCCONC1CC(c2ccc(Br)cc2)C1. The van der Waals surface area contributed by atoms with Crippen LogP contribution in [0.1, 0.15) is 24.3 Å². The largest absolute Gasteiger partial charge is 0.382 e. The number of methoxy groups -OCH3 is 1. The lowest BCUT2D eigenvalue weighted by Crippen LogP contribution is -2.40. The van der Waals surface area contributed by atoms with Gasteiger partial charge in [-0.2, -0.15) is 5.48 Å². The van der Waals surface area contributed by atoms with E-state index in [1.807, 2.05) is 0 Å². The minimum atomic E-state index is 0.487. The highest BCUT2D eigenvalue weighted by atomic mass is 79.9. The van der Waals surface area contributed by atoms with Crippen LogP contribution in [0.5, 0.6) is 0 Å². The Bertz CT molecular complexity index is 336. The number of benzene rings is 1. The Labute approximate surface area is 111 Å². The van der Waals surface area contributed by atoms with E-state index in [2.05, 4.69) is 45.7 Å². The third-order valence-electron chi connectivity index (χ3n) is 3.12. The molecule has 3 nitrogen and oxygen atoms in total. The van der Waals surface area contributed by atoms with Gasteiger partial charge in [0.15, 0.2) is 0 Å². The first-order chi connectivity index (χ1) is 8.29. The van der Waals surface area contributed by atoms with Crippen LogP contribution < -0.4 is 5.48 Å². The van der Waals surface area contributed by atoms with Crippen molar-refractivity contribution in [2.24, 2.45) is 0 Å². The molecule has 1 aromatic rings. The fourth-order valence-electron chi connectivity index (χ4n) is 2.02. The van der Waals surface area contributed by atoms with E-state index in [9.17, 15) is 0 Å². The van der Waals surface area contributed by atoms with Crippen molar-refractivity contribution in [3.05, 3.63) is 34.3 Å². The Balaban J connectivity index is 1.66. The monoisotopic (exact) mass is 299 g/mol. The summed E-state index contributed by atoms with van der Waals surface area (Å²) in [7, 11) is 1.68. The van der Waals surface area contributed by atoms with Crippen molar-refractivity contribution in [3.8, 4) is 0 Å². The van der Waals surface area contributed by atoms with Crippen LogP contribution in [0.4, 0.5) is 0 Å². The molecule has 94 valence electrons. The Morgan fingerprint density at radius 1 is 1.24 bits per heavy atom. The average molecular weight is 300 g/mol. The molecule has 0 aliphatic heterocycles. The predicted molar refractivity (Wildman–Crippen MR) is 70.9 cm³/mol. The average Bonchev–Trinajstić information content (AvgIpc) is 2.28. The smallest absolute Gasteiger partial charge is 0.0915 e.